The standard InChI is InChI=1S/C27H33N5O4/c1-17(2)15-21(28)26(34)29-16-18-9-7-8-14-32(18)27(35)36-23-13-6-4-11-20(23)24-30-22-12-5-3-10-19(22)25(33)31-24/h3-6,10-13,17-18,21H,7-9,14-16,28H2,1-2H3,(H,29,34)(H,30,31,33)/t18?,21-/m0/s1. The average Bonchev–Trinajstić information content (AvgIpc) is 2.87. The van der Waals surface area contributed by atoms with Gasteiger partial charge >= 0.3 is 6.09 Å². The summed E-state index contributed by atoms with van der Waals surface area (Å²) in [6.45, 7) is 4.89. The smallest absolute Gasteiger partial charge is 0.409 e. The summed E-state index contributed by atoms with van der Waals surface area (Å²) in [6.07, 6.45) is 2.67. The molecule has 2 heterocycles. The van der Waals surface area contributed by atoms with E-state index in [1.807, 2.05) is 19.9 Å². The number of para-hydroxylation sites is 2. The van der Waals surface area contributed by atoms with Crippen molar-refractivity contribution in [3.8, 4) is 17.1 Å². The Hall–Kier alpha value is -3.72. The van der Waals surface area contributed by atoms with Crippen LogP contribution in [-0.2, 0) is 4.79 Å². The summed E-state index contributed by atoms with van der Waals surface area (Å²) in [5.74, 6) is 0.732. The lowest BCUT2D eigenvalue weighted by Crippen LogP contribution is -2.52. The zero-order chi connectivity index (χ0) is 25.7. The molecule has 1 unspecified atom stereocenters. The number of likely N-dealkylation sites (tertiary alicyclic amines) is 1. The van der Waals surface area contributed by atoms with Crippen LogP contribution < -0.4 is 21.3 Å². The molecule has 1 saturated heterocycles. The van der Waals surface area contributed by atoms with E-state index in [0.717, 1.165) is 19.3 Å². The molecule has 4 rings (SSSR count). The molecular formula is C27H33N5O4. The van der Waals surface area contributed by atoms with Crippen molar-refractivity contribution in [1.29, 1.82) is 0 Å². The first-order valence-corrected chi connectivity index (χ1v) is 12.4. The summed E-state index contributed by atoms with van der Waals surface area (Å²) in [7, 11) is 0. The topological polar surface area (TPSA) is 130 Å². The van der Waals surface area contributed by atoms with Crippen LogP contribution in [0.25, 0.3) is 22.3 Å². The Morgan fingerprint density at radius 3 is 2.72 bits per heavy atom. The molecule has 2 amide bonds. The molecule has 2 aromatic carbocycles. The number of ether oxygens (including phenoxy) is 1. The van der Waals surface area contributed by atoms with Crippen LogP contribution in [0.2, 0.25) is 0 Å². The minimum absolute atomic E-state index is 0.188. The highest BCUT2D eigenvalue weighted by atomic mass is 16.6. The lowest BCUT2D eigenvalue weighted by Gasteiger charge is -2.35. The number of hydrogen-bond donors (Lipinski definition) is 3. The predicted octanol–water partition coefficient (Wildman–Crippen LogP) is 3.43. The first kappa shape index (κ1) is 25.4. The van der Waals surface area contributed by atoms with Gasteiger partial charge in [0.1, 0.15) is 11.6 Å². The fraction of sp³-hybridized carbons (Fsp3) is 0.407. The third-order valence-electron chi connectivity index (χ3n) is 6.39. The summed E-state index contributed by atoms with van der Waals surface area (Å²) >= 11 is 0. The van der Waals surface area contributed by atoms with Crippen molar-refractivity contribution in [3.63, 3.8) is 0 Å². The summed E-state index contributed by atoms with van der Waals surface area (Å²) < 4.78 is 5.82. The van der Waals surface area contributed by atoms with Gasteiger partial charge in [0.05, 0.1) is 28.6 Å². The Morgan fingerprint density at radius 1 is 1.17 bits per heavy atom. The van der Waals surface area contributed by atoms with E-state index >= 15 is 0 Å². The number of aromatic nitrogens is 2. The van der Waals surface area contributed by atoms with Crippen molar-refractivity contribution < 1.29 is 14.3 Å². The number of H-pyrrole nitrogens is 1. The number of nitrogens with zero attached hydrogens (tertiary/aromatic N) is 2. The molecule has 9 nitrogen and oxygen atoms in total. The summed E-state index contributed by atoms with van der Waals surface area (Å²) in [4.78, 5) is 47.2. The number of carbonyl (C=O) groups is 2. The lowest BCUT2D eigenvalue weighted by atomic mass is 10.0. The number of amides is 2. The maximum absolute atomic E-state index is 13.2. The van der Waals surface area contributed by atoms with Gasteiger partial charge in [-0.05, 0) is 55.9 Å². The molecule has 0 bridgehead atoms. The number of nitrogens with two attached hydrogens (primary N) is 1. The molecule has 1 aromatic heterocycles. The first-order chi connectivity index (χ1) is 17.3. The monoisotopic (exact) mass is 491 g/mol. The number of hydrogen-bond acceptors (Lipinski definition) is 6. The maximum atomic E-state index is 13.2. The van der Waals surface area contributed by atoms with Crippen LogP contribution in [0.1, 0.15) is 39.5 Å². The number of piperidine rings is 1. The number of fused-ring (bicyclic) bond motifs is 1. The quantitative estimate of drug-likeness (QED) is 0.464. The second-order valence-electron chi connectivity index (χ2n) is 9.62. The lowest BCUT2D eigenvalue weighted by molar-refractivity contribution is -0.123. The number of benzene rings is 2. The van der Waals surface area contributed by atoms with Crippen LogP contribution in [-0.4, -0.2) is 52.0 Å². The molecule has 2 atom stereocenters. The SMILES string of the molecule is CC(C)C[C@H](N)C(=O)NCC1CCCCN1C(=O)Oc1ccccc1-c1nc2ccccc2c(=O)[nH]1. The number of carbonyl (C=O) groups excluding carboxylic acids is 2. The van der Waals surface area contributed by atoms with Crippen molar-refractivity contribution in [2.24, 2.45) is 11.7 Å². The molecule has 1 fully saturated rings. The van der Waals surface area contributed by atoms with Crippen LogP contribution in [0.5, 0.6) is 5.75 Å². The molecule has 0 radical (unpaired) electrons. The van der Waals surface area contributed by atoms with E-state index in [1.165, 1.54) is 0 Å². The molecule has 36 heavy (non-hydrogen) atoms. The fourth-order valence-electron chi connectivity index (χ4n) is 4.54. The van der Waals surface area contributed by atoms with Crippen LogP contribution in [0.4, 0.5) is 4.79 Å². The van der Waals surface area contributed by atoms with Crippen LogP contribution >= 0.6 is 0 Å². The normalized spacial score (nSPS) is 16.7. The maximum Gasteiger partial charge on any atom is 0.415 e. The van der Waals surface area contributed by atoms with E-state index in [0.29, 0.717) is 53.5 Å². The van der Waals surface area contributed by atoms with Crippen LogP contribution in [0.15, 0.2) is 53.3 Å². The molecule has 9 heteroatoms. The van der Waals surface area contributed by atoms with Crippen molar-refractivity contribution in [2.75, 3.05) is 13.1 Å². The van der Waals surface area contributed by atoms with Gasteiger partial charge in [-0.2, -0.15) is 0 Å². The minimum atomic E-state index is -0.572. The van der Waals surface area contributed by atoms with Gasteiger partial charge in [0.2, 0.25) is 5.91 Å². The van der Waals surface area contributed by atoms with E-state index in [9.17, 15) is 14.4 Å². The highest BCUT2D eigenvalue weighted by molar-refractivity contribution is 5.82. The van der Waals surface area contributed by atoms with Gasteiger partial charge in [0.25, 0.3) is 5.56 Å². The van der Waals surface area contributed by atoms with Gasteiger partial charge in [0, 0.05) is 13.1 Å². The summed E-state index contributed by atoms with van der Waals surface area (Å²) in [5.41, 5.74) is 6.80. The van der Waals surface area contributed by atoms with Crippen LogP contribution in [0.3, 0.4) is 0 Å². The van der Waals surface area contributed by atoms with E-state index in [2.05, 4.69) is 15.3 Å². The number of rotatable bonds is 7. The Morgan fingerprint density at radius 2 is 1.92 bits per heavy atom. The summed E-state index contributed by atoms with van der Waals surface area (Å²) in [6, 6.07) is 13.3. The van der Waals surface area contributed by atoms with Gasteiger partial charge in [-0.25, -0.2) is 9.78 Å². The molecule has 0 saturated carbocycles. The van der Waals surface area contributed by atoms with Crippen molar-refractivity contribution in [2.45, 2.75) is 51.6 Å². The van der Waals surface area contributed by atoms with Gasteiger partial charge in [-0.15, -0.1) is 0 Å². The minimum Gasteiger partial charge on any atom is -0.409 e. The zero-order valence-corrected chi connectivity index (χ0v) is 20.7. The zero-order valence-electron chi connectivity index (χ0n) is 20.7. The molecule has 4 N–H and O–H groups in total. The Balaban J connectivity index is 1.50. The van der Waals surface area contributed by atoms with Crippen molar-refractivity contribution >= 4 is 22.9 Å². The molecule has 3 aromatic rings. The molecule has 0 spiro atoms. The Labute approximate surface area is 210 Å². The molecular weight excluding hydrogens is 458 g/mol. The highest BCUT2D eigenvalue weighted by Crippen LogP contribution is 2.29. The first-order valence-electron chi connectivity index (χ1n) is 12.4. The highest BCUT2D eigenvalue weighted by Gasteiger charge is 2.29. The second kappa shape index (κ2) is 11.3. The van der Waals surface area contributed by atoms with Gasteiger partial charge in [0.15, 0.2) is 0 Å². The van der Waals surface area contributed by atoms with Gasteiger partial charge < -0.3 is 25.7 Å². The third kappa shape index (κ3) is 5.91. The third-order valence-corrected chi connectivity index (χ3v) is 6.39. The van der Waals surface area contributed by atoms with E-state index in [-0.39, 0.29) is 17.5 Å². The Kier molecular flexibility index (Phi) is 8.00. The van der Waals surface area contributed by atoms with Crippen molar-refractivity contribution in [3.05, 3.63) is 58.9 Å². The van der Waals surface area contributed by atoms with E-state index in [4.69, 9.17) is 10.5 Å². The molecule has 0 aliphatic carbocycles. The molecule has 1 aliphatic rings. The largest absolute Gasteiger partial charge is 0.415 e. The van der Waals surface area contributed by atoms with Gasteiger partial charge in [-0.3, -0.25) is 9.59 Å². The Bertz CT molecular complexity index is 1290. The van der Waals surface area contributed by atoms with E-state index < -0.39 is 12.1 Å². The molecule has 190 valence electrons. The fourth-order valence-corrected chi connectivity index (χ4v) is 4.54. The van der Waals surface area contributed by atoms with Crippen LogP contribution in [0, 0.1) is 5.92 Å². The predicted molar refractivity (Wildman–Crippen MR) is 139 cm³/mol. The summed E-state index contributed by atoms with van der Waals surface area (Å²) in [5, 5.41) is 3.39. The number of nitrogens with one attached hydrogen (secondary N) is 2. The van der Waals surface area contributed by atoms with Gasteiger partial charge in [-0.1, -0.05) is 38.1 Å². The van der Waals surface area contributed by atoms with E-state index in [1.54, 1.807) is 47.4 Å². The number of aromatic amines is 1. The van der Waals surface area contributed by atoms with Crippen molar-refractivity contribution in [1.82, 2.24) is 20.2 Å². The molecule has 1 aliphatic heterocycles. The average molecular weight is 492 g/mol. The second-order valence-corrected chi connectivity index (χ2v) is 9.62.